The van der Waals surface area contributed by atoms with E-state index in [1.807, 2.05) is 30.3 Å². The van der Waals surface area contributed by atoms with E-state index in [0.29, 0.717) is 31.7 Å². The fourth-order valence-corrected chi connectivity index (χ4v) is 2.78. The number of piperidine rings is 1. The average Bonchev–Trinajstić information content (AvgIpc) is 2.48. The fraction of sp³-hybridized carbons (Fsp3) is 0.333. The standard InChI is InChI=1S/C15H19N5O/c16-12-10-13(19-14(17)18-12)20-8-6-15(21,7-9-20)11-4-2-1-3-5-11/h1-5,10,21H,6-9H2,(H4,16,17,18,19). The van der Waals surface area contributed by atoms with Crippen molar-refractivity contribution in [2.24, 2.45) is 0 Å². The second kappa shape index (κ2) is 5.21. The number of aliphatic hydroxyl groups is 1. The minimum Gasteiger partial charge on any atom is -0.385 e. The largest absolute Gasteiger partial charge is 0.385 e. The van der Waals surface area contributed by atoms with Gasteiger partial charge in [-0.2, -0.15) is 9.97 Å². The number of nitrogens with two attached hydrogens (primary N) is 2. The fourth-order valence-electron chi connectivity index (χ4n) is 2.78. The van der Waals surface area contributed by atoms with E-state index in [2.05, 4.69) is 14.9 Å². The summed E-state index contributed by atoms with van der Waals surface area (Å²) in [6.45, 7) is 1.39. The highest BCUT2D eigenvalue weighted by molar-refractivity contribution is 5.50. The van der Waals surface area contributed by atoms with E-state index < -0.39 is 5.60 Å². The molecule has 6 nitrogen and oxygen atoms in total. The molecule has 0 atom stereocenters. The molecule has 21 heavy (non-hydrogen) atoms. The Morgan fingerprint density at radius 1 is 1.05 bits per heavy atom. The Hall–Kier alpha value is -2.34. The van der Waals surface area contributed by atoms with Gasteiger partial charge in [-0.1, -0.05) is 30.3 Å². The Kier molecular flexibility index (Phi) is 3.39. The maximum atomic E-state index is 10.8. The lowest BCUT2D eigenvalue weighted by atomic mass is 9.84. The molecule has 0 saturated carbocycles. The van der Waals surface area contributed by atoms with Crippen LogP contribution in [-0.2, 0) is 5.60 Å². The highest BCUT2D eigenvalue weighted by Crippen LogP contribution is 2.34. The van der Waals surface area contributed by atoms with Crippen LogP contribution in [0, 0.1) is 0 Å². The molecule has 0 aliphatic carbocycles. The maximum Gasteiger partial charge on any atom is 0.223 e. The lowest BCUT2D eigenvalue weighted by Crippen LogP contribution is -2.43. The first-order chi connectivity index (χ1) is 10.1. The number of anilines is 3. The molecule has 6 heteroatoms. The van der Waals surface area contributed by atoms with Crippen LogP contribution in [0.2, 0.25) is 0 Å². The first-order valence-corrected chi connectivity index (χ1v) is 7.00. The monoisotopic (exact) mass is 285 g/mol. The van der Waals surface area contributed by atoms with Crippen LogP contribution in [0.4, 0.5) is 17.6 Å². The van der Waals surface area contributed by atoms with E-state index >= 15 is 0 Å². The van der Waals surface area contributed by atoms with Gasteiger partial charge in [-0.05, 0) is 18.4 Å². The third-order valence-electron chi connectivity index (χ3n) is 3.98. The third-order valence-corrected chi connectivity index (χ3v) is 3.98. The number of nitrogen functional groups attached to an aromatic ring is 2. The van der Waals surface area contributed by atoms with Gasteiger partial charge in [-0.15, -0.1) is 0 Å². The zero-order valence-corrected chi connectivity index (χ0v) is 11.7. The van der Waals surface area contributed by atoms with Gasteiger partial charge in [0.25, 0.3) is 0 Å². The molecule has 110 valence electrons. The summed E-state index contributed by atoms with van der Waals surface area (Å²) < 4.78 is 0. The van der Waals surface area contributed by atoms with Crippen molar-refractivity contribution < 1.29 is 5.11 Å². The molecule has 1 aliphatic heterocycles. The summed E-state index contributed by atoms with van der Waals surface area (Å²) in [7, 11) is 0. The Morgan fingerprint density at radius 3 is 2.33 bits per heavy atom. The van der Waals surface area contributed by atoms with Crippen molar-refractivity contribution in [2.75, 3.05) is 29.5 Å². The van der Waals surface area contributed by atoms with Gasteiger partial charge >= 0.3 is 0 Å². The maximum absolute atomic E-state index is 10.8. The summed E-state index contributed by atoms with van der Waals surface area (Å²) in [5, 5.41) is 10.8. The van der Waals surface area contributed by atoms with Crippen molar-refractivity contribution in [1.29, 1.82) is 0 Å². The average molecular weight is 285 g/mol. The van der Waals surface area contributed by atoms with Crippen molar-refractivity contribution in [3.05, 3.63) is 42.0 Å². The van der Waals surface area contributed by atoms with Gasteiger partial charge in [0.05, 0.1) is 5.60 Å². The zero-order valence-electron chi connectivity index (χ0n) is 11.7. The normalized spacial score (nSPS) is 17.7. The van der Waals surface area contributed by atoms with E-state index in [0.717, 1.165) is 11.4 Å². The number of nitrogens with zero attached hydrogens (tertiary/aromatic N) is 3. The number of hydrogen-bond acceptors (Lipinski definition) is 6. The van der Waals surface area contributed by atoms with Crippen molar-refractivity contribution in [1.82, 2.24) is 9.97 Å². The highest BCUT2D eigenvalue weighted by Gasteiger charge is 2.34. The van der Waals surface area contributed by atoms with E-state index in [1.165, 1.54) is 0 Å². The molecule has 3 rings (SSSR count). The van der Waals surface area contributed by atoms with E-state index in [-0.39, 0.29) is 5.95 Å². The van der Waals surface area contributed by atoms with E-state index in [1.54, 1.807) is 6.07 Å². The van der Waals surface area contributed by atoms with Gasteiger partial charge in [0.2, 0.25) is 5.95 Å². The summed E-state index contributed by atoms with van der Waals surface area (Å²) >= 11 is 0. The summed E-state index contributed by atoms with van der Waals surface area (Å²) in [5.41, 5.74) is 11.5. The van der Waals surface area contributed by atoms with Gasteiger partial charge in [0.1, 0.15) is 11.6 Å². The lowest BCUT2D eigenvalue weighted by Gasteiger charge is -2.39. The van der Waals surface area contributed by atoms with Crippen molar-refractivity contribution in [3.63, 3.8) is 0 Å². The van der Waals surface area contributed by atoms with Crippen LogP contribution in [0.3, 0.4) is 0 Å². The van der Waals surface area contributed by atoms with Crippen LogP contribution >= 0.6 is 0 Å². The first-order valence-electron chi connectivity index (χ1n) is 7.00. The summed E-state index contributed by atoms with van der Waals surface area (Å²) in [5.74, 6) is 1.26. The Labute approximate surface area is 123 Å². The number of hydrogen-bond donors (Lipinski definition) is 3. The van der Waals surface area contributed by atoms with Gasteiger partial charge < -0.3 is 21.5 Å². The third kappa shape index (κ3) is 2.75. The smallest absolute Gasteiger partial charge is 0.223 e. The molecule has 1 aromatic heterocycles. The molecular formula is C15H19N5O. The van der Waals surface area contributed by atoms with Gasteiger partial charge in [-0.3, -0.25) is 0 Å². The summed E-state index contributed by atoms with van der Waals surface area (Å²) in [6.07, 6.45) is 1.28. The van der Waals surface area contributed by atoms with Crippen molar-refractivity contribution in [3.8, 4) is 0 Å². The van der Waals surface area contributed by atoms with Crippen LogP contribution in [0.25, 0.3) is 0 Å². The number of rotatable bonds is 2. The SMILES string of the molecule is Nc1cc(N2CCC(O)(c3ccccc3)CC2)nc(N)n1. The van der Waals surface area contributed by atoms with Crippen LogP contribution in [0.15, 0.2) is 36.4 Å². The summed E-state index contributed by atoms with van der Waals surface area (Å²) in [6, 6.07) is 11.5. The summed E-state index contributed by atoms with van der Waals surface area (Å²) in [4.78, 5) is 10.2. The van der Waals surface area contributed by atoms with Crippen LogP contribution in [0.1, 0.15) is 18.4 Å². The van der Waals surface area contributed by atoms with Crippen LogP contribution in [0.5, 0.6) is 0 Å². The topological polar surface area (TPSA) is 101 Å². The molecule has 2 aromatic rings. The quantitative estimate of drug-likeness (QED) is 0.764. The van der Waals surface area contributed by atoms with Crippen molar-refractivity contribution >= 4 is 17.6 Å². The first kappa shape index (κ1) is 13.6. The van der Waals surface area contributed by atoms with Gasteiger partial charge in [0, 0.05) is 19.2 Å². The zero-order chi connectivity index (χ0) is 14.9. The number of benzene rings is 1. The lowest BCUT2D eigenvalue weighted by molar-refractivity contribution is 0.0117. The van der Waals surface area contributed by atoms with Crippen LogP contribution < -0.4 is 16.4 Å². The molecule has 0 spiro atoms. The molecule has 0 bridgehead atoms. The molecule has 0 amide bonds. The van der Waals surface area contributed by atoms with E-state index in [4.69, 9.17) is 11.5 Å². The molecule has 0 radical (unpaired) electrons. The Morgan fingerprint density at radius 2 is 1.71 bits per heavy atom. The molecule has 1 saturated heterocycles. The molecule has 1 aliphatic rings. The number of aromatic nitrogens is 2. The molecule has 2 heterocycles. The molecule has 5 N–H and O–H groups in total. The van der Waals surface area contributed by atoms with Gasteiger partial charge in [-0.25, -0.2) is 0 Å². The minimum atomic E-state index is -0.776. The predicted molar refractivity (Wildman–Crippen MR) is 82.6 cm³/mol. The molecular weight excluding hydrogens is 266 g/mol. The molecule has 1 aromatic carbocycles. The second-order valence-electron chi connectivity index (χ2n) is 5.39. The highest BCUT2D eigenvalue weighted by atomic mass is 16.3. The molecule has 1 fully saturated rings. The van der Waals surface area contributed by atoms with E-state index in [9.17, 15) is 5.11 Å². The Bertz CT molecular complexity index is 603. The molecule has 0 unspecified atom stereocenters. The Balaban J connectivity index is 1.76. The van der Waals surface area contributed by atoms with Gasteiger partial charge in [0.15, 0.2) is 0 Å². The predicted octanol–water partition coefficient (Wildman–Crippen LogP) is 1.13. The second-order valence-corrected chi connectivity index (χ2v) is 5.39. The minimum absolute atomic E-state index is 0.175. The van der Waals surface area contributed by atoms with Crippen LogP contribution in [-0.4, -0.2) is 28.2 Å². The van der Waals surface area contributed by atoms with Crippen molar-refractivity contribution in [2.45, 2.75) is 18.4 Å².